The molecule has 0 aromatic heterocycles. The van der Waals surface area contributed by atoms with Crippen molar-refractivity contribution < 1.29 is 9.63 Å². The van der Waals surface area contributed by atoms with E-state index in [0.29, 0.717) is 11.4 Å². The topological polar surface area (TPSA) is 90.0 Å². The van der Waals surface area contributed by atoms with Gasteiger partial charge in [0.1, 0.15) is 17.7 Å². The summed E-state index contributed by atoms with van der Waals surface area (Å²) in [4.78, 5) is 22.1. The van der Waals surface area contributed by atoms with Crippen molar-refractivity contribution in [2.45, 2.75) is 13.0 Å². The van der Waals surface area contributed by atoms with Gasteiger partial charge in [-0.1, -0.05) is 30.3 Å². The number of carbonyl (C=O) groups is 1. The molecule has 2 amide bonds. The average Bonchev–Trinajstić information content (AvgIpc) is 3.20. The zero-order valence-electron chi connectivity index (χ0n) is 15.2. The van der Waals surface area contributed by atoms with Gasteiger partial charge < -0.3 is 20.9 Å². The number of fused-ring (bicyclic) bond motifs is 1. The van der Waals surface area contributed by atoms with Crippen LogP contribution in [-0.2, 0) is 0 Å². The highest BCUT2D eigenvalue weighted by Gasteiger charge is 2.21. The highest BCUT2D eigenvalue weighted by molar-refractivity contribution is 5.89. The number of amides is 2. The minimum Gasteiger partial charge on any atom is -0.374 e. The van der Waals surface area contributed by atoms with Crippen LogP contribution in [0.15, 0.2) is 83.4 Å². The van der Waals surface area contributed by atoms with E-state index in [9.17, 15) is 4.79 Å². The SMILES string of the molecule is C[C@@H](NC(=O)Nc1ccc(ON2C=NC=C3NNC=C32)cc1)c1ccccc1. The molecule has 142 valence electrons. The number of hydrazine groups is 1. The average molecular weight is 376 g/mol. The Bertz CT molecular complexity index is 937. The first-order valence-corrected chi connectivity index (χ1v) is 8.84. The fourth-order valence-corrected chi connectivity index (χ4v) is 2.81. The van der Waals surface area contributed by atoms with Gasteiger partial charge in [0.15, 0.2) is 5.75 Å². The van der Waals surface area contributed by atoms with Crippen LogP contribution in [0, 0.1) is 0 Å². The minimum atomic E-state index is -0.267. The fourth-order valence-electron chi connectivity index (χ4n) is 2.81. The number of anilines is 1. The molecule has 2 aliphatic rings. The maximum atomic E-state index is 12.2. The van der Waals surface area contributed by atoms with Crippen molar-refractivity contribution in [3.05, 3.63) is 84.0 Å². The number of benzene rings is 2. The highest BCUT2D eigenvalue weighted by atomic mass is 16.7. The molecule has 0 aliphatic carbocycles. The van der Waals surface area contributed by atoms with Crippen molar-refractivity contribution in [1.29, 1.82) is 0 Å². The third-order valence-corrected chi connectivity index (χ3v) is 4.27. The fraction of sp³-hybridized carbons (Fsp3) is 0.100. The van der Waals surface area contributed by atoms with Crippen LogP contribution in [0.25, 0.3) is 0 Å². The molecular weight excluding hydrogens is 356 g/mol. The molecule has 0 fully saturated rings. The molecule has 2 aromatic rings. The highest BCUT2D eigenvalue weighted by Crippen LogP contribution is 2.22. The Morgan fingerprint density at radius 3 is 2.71 bits per heavy atom. The molecule has 0 saturated heterocycles. The van der Waals surface area contributed by atoms with Crippen LogP contribution in [0.2, 0.25) is 0 Å². The second kappa shape index (κ2) is 7.75. The summed E-state index contributed by atoms with van der Waals surface area (Å²) < 4.78 is 0. The van der Waals surface area contributed by atoms with E-state index >= 15 is 0 Å². The first-order valence-electron chi connectivity index (χ1n) is 8.84. The molecule has 8 nitrogen and oxygen atoms in total. The van der Waals surface area contributed by atoms with Gasteiger partial charge in [0.05, 0.1) is 12.2 Å². The van der Waals surface area contributed by atoms with Crippen molar-refractivity contribution in [3.63, 3.8) is 0 Å². The molecule has 0 saturated carbocycles. The Hall–Kier alpha value is -3.94. The van der Waals surface area contributed by atoms with Crippen LogP contribution in [0.5, 0.6) is 5.75 Å². The van der Waals surface area contributed by atoms with Crippen molar-refractivity contribution in [2.75, 3.05) is 5.32 Å². The second-order valence-electron chi connectivity index (χ2n) is 6.28. The summed E-state index contributed by atoms with van der Waals surface area (Å²) in [6, 6.07) is 16.5. The molecule has 28 heavy (non-hydrogen) atoms. The van der Waals surface area contributed by atoms with Crippen LogP contribution in [0.4, 0.5) is 10.5 Å². The molecule has 0 bridgehead atoms. The van der Waals surface area contributed by atoms with Crippen LogP contribution in [0.1, 0.15) is 18.5 Å². The molecule has 0 radical (unpaired) electrons. The van der Waals surface area contributed by atoms with Gasteiger partial charge in [0, 0.05) is 11.9 Å². The van der Waals surface area contributed by atoms with E-state index in [4.69, 9.17) is 4.84 Å². The smallest absolute Gasteiger partial charge is 0.319 e. The van der Waals surface area contributed by atoms with Crippen molar-refractivity contribution >= 4 is 18.1 Å². The predicted molar refractivity (Wildman–Crippen MR) is 107 cm³/mol. The number of aliphatic imine (C=N–C) groups is 1. The zero-order chi connectivity index (χ0) is 19.3. The van der Waals surface area contributed by atoms with Crippen molar-refractivity contribution in [1.82, 2.24) is 21.2 Å². The summed E-state index contributed by atoms with van der Waals surface area (Å²) in [6.45, 7) is 1.94. The summed E-state index contributed by atoms with van der Waals surface area (Å²) in [5, 5.41) is 7.29. The number of rotatable bonds is 5. The van der Waals surface area contributed by atoms with E-state index in [-0.39, 0.29) is 12.1 Å². The lowest BCUT2D eigenvalue weighted by atomic mass is 10.1. The summed E-state index contributed by atoms with van der Waals surface area (Å²) in [7, 11) is 0. The molecule has 4 rings (SSSR count). The molecule has 2 heterocycles. The van der Waals surface area contributed by atoms with E-state index in [1.165, 1.54) is 0 Å². The number of urea groups is 1. The van der Waals surface area contributed by atoms with Gasteiger partial charge in [-0.3, -0.25) is 5.43 Å². The monoisotopic (exact) mass is 376 g/mol. The number of carbonyl (C=O) groups excluding carboxylic acids is 1. The molecule has 2 aromatic carbocycles. The van der Waals surface area contributed by atoms with Gasteiger partial charge in [-0.15, -0.1) is 0 Å². The van der Waals surface area contributed by atoms with Crippen LogP contribution in [0.3, 0.4) is 0 Å². The molecule has 8 heteroatoms. The summed E-state index contributed by atoms with van der Waals surface area (Å²) in [5.41, 5.74) is 9.22. The third-order valence-electron chi connectivity index (χ3n) is 4.27. The van der Waals surface area contributed by atoms with Crippen LogP contribution >= 0.6 is 0 Å². The molecule has 2 aliphatic heterocycles. The Morgan fingerprint density at radius 1 is 1.14 bits per heavy atom. The van der Waals surface area contributed by atoms with Gasteiger partial charge >= 0.3 is 6.03 Å². The van der Waals surface area contributed by atoms with Crippen LogP contribution < -0.4 is 26.3 Å². The molecule has 1 atom stereocenters. The van der Waals surface area contributed by atoms with E-state index in [1.54, 1.807) is 48.1 Å². The number of nitrogens with zero attached hydrogens (tertiary/aromatic N) is 2. The maximum Gasteiger partial charge on any atom is 0.319 e. The van der Waals surface area contributed by atoms with Gasteiger partial charge in [-0.05, 0) is 36.8 Å². The first kappa shape index (κ1) is 17.5. The molecule has 0 spiro atoms. The number of nitrogens with one attached hydrogen (secondary N) is 4. The second-order valence-corrected chi connectivity index (χ2v) is 6.28. The van der Waals surface area contributed by atoms with Gasteiger partial charge in [-0.2, -0.15) is 5.06 Å². The van der Waals surface area contributed by atoms with Gasteiger partial charge in [0.2, 0.25) is 0 Å². The largest absolute Gasteiger partial charge is 0.374 e. The third kappa shape index (κ3) is 3.90. The normalized spacial score (nSPS) is 15.4. The number of hydroxylamine groups is 2. The number of hydrogen-bond donors (Lipinski definition) is 4. The molecular formula is C20H20N6O2. The Balaban J connectivity index is 1.33. The lowest BCUT2D eigenvalue weighted by molar-refractivity contribution is 0.0646. The van der Waals surface area contributed by atoms with Crippen LogP contribution in [-0.4, -0.2) is 17.4 Å². The Labute approximate surface area is 162 Å². The van der Waals surface area contributed by atoms with Crippen molar-refractivity contribution in [3.8, 4) is 5.75 Å². The van der Waals surface area contributed by atoms with Gasteiger partial charge in [-0.25, -0.2) is 9.79 Å². The zero-order valence-corrected chi connectivity index (χ0v) is 15.2. The minimum absolute atomic E-state index is 0.0913. The first-order chi connectivity index (χ1) is 13.7. The predicted octanol–water partition coefficient (Wildman–Crippen LogP) is 3.00. The van der Waals surface area contributed by atoms with E-state index in [0.717, 1.165) is 17.0 Å². The van der Waals surface area contributed by atoms with E-state index in [1.807, 2.05) is 37.3 Å². The Morgan fingerprint density at radius 2 is 1.93 bits per heavy atom. The molecule has 0 unspecified atom stereocenters. The standard InChI is InChI=1S/C20H20N6O2/c1-14(15-5-3-2-4-6-15)23-20(27)24-16-7-9-17(10-8-16)28-26-13-21-11-18-19(26)12-22-25-18/h2-14,22,25H,1H3,(H2,23,24,27)/t14-/m1/s1. The maximum absolute atomic E-state index is 12.2. The Kier molecular flexibility index (Phi) is 4.83. The van der Waals surface area contributed by atoms with Gasteiger partial charge in [0.25, 0.3) is 0 Å². The number of hydrogen-bond acceptors (Lipinski definition) is 6. The summed E-state index contributed by atoms with van der Waals surface area (Å²) in [6.07, 6.45) is 5.06. The lowest BCUT2D eigenvalue weighted by Crippen LogP contribution is -2.31. The van der Waals surface area contributed by atoms with Crippen molar-refractivity contribution in [2.24, 2.45) is 4.99 Å². The van der Waals surface area contributed by atoms with E-state index < -0.39 is 0 Å². The quantitative estimate of drug-likeness (QED) is 0.644. The lowest BCUT2D eigenvalue weighted by Gasteiger charge is -2.22. The summed E-state index contributed by atoms with van der Waals surface area (Å²) in [5.74, 6) is 0.615. The van der Waals surface area contributed by atoms with E-state index in [2.05, 4.69) is 26.5 Å². The summed E-state index contributed by atoms with van der Waals surface area (Å²) >= 11 is 0. The molecule has 4 N–H and O–H groups in total.